The number of carboxylic acid groups (broad SMARTS) is 1. The van der Waals surface area contributed by atoms with E-state index in [4.69, 9.17) is 5.11 Å². The molecule has 0 aromatic carbocycles. The molecule has 0 spiro atoms. The first-order valence-corrected chi connectivity index (χ1v) is 5.45. The SMILES string of the molecule is CCCC(CC)N(C)CC(C)C(=O)O. The first kappa shape index (κ1) is 13.4. The van der Waals surface area contributed by atoms with E-state index in [1.54, 1.807) is 6.92 Å². The van der Waals surface area contributed by atoms with Gasteiger partial charge in [-0.15, -0.1) is 0 Å². The molecule has 3 heteroatoms. The average Bonchev–Trinajstić information content (AvgIpc) is 2.13. The van der Waals surface area contributed by atoms with Crippen molar-refractivity contribution in [3.8, 4) is 0 Å². The lowest BCUT2D eigenvalue weighted by molar-refractivity contribution is -0.141. The largest absolute Gasteiger partial charge is 0.481 e. The maximum Gasteiger partial charge on any atom is 0.307 e. The van der Waals surface area contributed by atoms with Gasteiger partial charge in [-0.2, -0.15) is 0 Å². The van der Waals surface area contributed by atoms with Crippen LogP contribution in [0.4, 0.5) is 0 Å². The summed E-state index contributed by atoms with van der Waals surface area (Å²) in [6.07, 6.45) is 3.40. The molecule has 1 N–H and O–H groups in total. The van der Waals surface area contributed by atoms with Crippen LogP contribution < -0.4 is 0 Å². The van der Waals surface area contributed by atoms with Gasteiger partial charge in [-0.05, 0) is 19.9 Å². The van der Waals surface area contributed by atoms with Crippen LogP contribution in [0.1, 0.15) is 40.0 Å². The predicted molar refractivity (Wildman–Crippen MR) is 58.4 cm³/mol. The Morgan fingerprint density at radius 2 is 2.00 bits per heavy atom. The molecular formula is C11H23NO2. The zero-order valence-electron chi connectivity index (χ0n) is 9.79. The number of hydrogen-bond donors (Lipinski definition) is 1. The summed E-state index contributed by atoms with van der Waals surface area (Å²) in [6.45, 7) is 6.73. The maximum absolute atomic E-state index is 10.7. The smallest absolute Gasteiger partial charge is 0.307 e. The Balaban J connectivity index is 4.02. The number of carbonyl (C=O) groups is 1. The number of carboxylic acids is 1. The highest BCUT2D eigenvalue weighted by Gasteiger charge is 2.18. The number of rotatable bonds is 7. The lowest BCUT2D eigenvalue weighted by atomic mass is 10.1. The van der Waals surface area contributed by atoms with Crippen molar-refractivity contribution < 1.29 is 9.90 Å². The van der Waals surface area contributed by atoms with E-state index in [1.165, 1.54) is 0 Å². The Bertz CT molecular complexity index is 171. The summed E-state index contributed by atoms with van der Waals surface area (Å²) >= 11 is 0. The fourth-order valence-corrected chi connectivity index (χ4v) is 1.73. The lowest BCUT2D eigenvalue weighted by Gasteiger charge is -2.28. The molecule has 0 bridgehead atoms. The summed E-state index contributed by atoms with van der Waals surface area (Å²) in [5, 5.41) is 8.79. The Kier molecular flexibility index (Phi) is 6.54. The zero-order valence-corrected chi connectivity index (χ0v) is 9.79. The highest BCUT2D eigenvalue weighted by atomic mass is 16.4. The quantitative estimate of drug-likeness (QED) is 0.686. The van der Waals surface area contributed by atoms with Crippen LogP contribution in [0.2, 0.25) is 0 Å². The van der Waals surface area contributed by atoms with Gasteiger partial charge in [0.2, 0.25) is 0 Å². The molecule has 0 rings (SSSR count). The van der Waals surface area contributed by atoms with Gasteiger partial charge in [0.25, 0.3) is 0 Å². The van der Waals surface area contributed by atoms with E-state index < -0.39 is 5.97 Å². The first-order valence-electron chi connectivity index (χ1n) is 5.45. The molecule has 84 valence electrons. The first-order chi connectivity index (χ1) is 6.52. The van der Waals surface area contributed by atoms with Crippen LogP contribution in [-0.4, -0.2) is 35.6 Å². The van der Waals surface area contributed by atoms with Gasteiger partial charge >= 0.3 is 5.97 Å². The van der Waals surface area contributed by atoms with Crippen LogP contribution >= 0.6 is 0 Å². The number of nitrogens with zero attached hydrogens (tertiary/aromatic N) is 1. The van der Waals surface area contributed by atoms with E-state index in [-0.39, 0.29) is 5.92 Å². The highest BCUT2D eigenvalue weighted by molar-refractivity contribution is 5.69. The van der Waals surface area contributed by atoms with Crippen molar-refractivity contribution in [2.24, 2.45) is 5.92 Å². The van der Waals surface area contributed by atoms with Gasteiger partial charge in [0.15, 0.2) is 0 Å². The minimum Gasteiger partial charge on any atom is -0.481 e. The van der Waals surface area contributed by atoms with Crippen molar-refractivity contribution in [3.63, 3.8) is 0 Å². The van der Waals surface area contributed by atoms with Crippen LogP contribution in [0.5, 0.6) is 0 Å². The molecule has 2 unspecified atom stereocenters. The van der Waals surface area contributed by atoms with Crippen molar-refractivity contribution in [2.75, 3.05) is 13.6 Å². The molecule has 14 heavy (non-hydrogen) atoms. The van der Waals surface area contributed by atoms with Gasteiger partial charge in [-0.1, -0.05) is 27.2 Å². The molecule has 0 aliphatic carbocycles. The molecule has 0 saturated carbocycles. The Morgan fingerprint density at radius 3 is 2.36 bits per heavy atom. The summed E-state index contributed by atoms with van der Waals surface area (Å²) in [4.78, 5) is 12.8. The van der Waals surface area contributed by atoms with E-state index in [0.717, 1.165) is 19.3 Å². The fraction of sp³-hybridized carbons (Fsp3) is 0.909. The molecule has 0 aromatic rings. The van der Waals surface area contributed by atoms with Crippen LogP contribution in [-0.2, 0) is 4.79 Å². The summed E-state index contributed by atoms with van der Waals surface area (Å²) in [5.41, 5.74) is 0. The molecule has 0 aliphatic heterocycles. The topological polar surface area (TPSA) is 40.5 Å². The summed E-state index contributed by atoms with van der Waals surface area (Å²) in [6, 6.07) is 0.529. The van der Waals surface area contributed by atoms with Crippen molar-refractivity contribution >= 4 is 5.97 Å². The van der Waals surface area contributed by atoms with E-state index in [0.29, 0.717) is 12.6 Å². The van der Waals surface area contributed by atoms with Crippen LogP contribution in [0.25, 0.3) is 0 Å². The number of aliphatic carboxylic acids is 1. The standard InChI is InChI=1S/C11H23NO2/c1-5-7-10(6-2)12(4)8-9(3)11(13)14/h9-10H,5-8H2,1-4H3,(H,13,14). The fourth-order valence-electron chi connectivity index (χ4n) is 1.73. The summed E-state index contributed by atoms with van der Waals surface area (Å²) in [5.74, 6) is -0.978. The van der Waals surface area contributed by atoms with Gasteiger partial charge in [0.1, 0.15) is 0 Å². The number of hydrogen-bond acceptors (Lipinski definition) is 2. The molecule has 3 nitrogen and oxygen atoms in total. The van der Waals surface area contributed by atoms with Crippen LogP contribution in [0.15, 0.2) is 0 Å². The van der Waals surface area contributed by atoms with Crippen molar-refractivity contribution in [3.05, 3.63) is 0 Å². The zero-order chi connectivity index (χ0) is 11.1. The van der Waals surface area contributed by atoms with Crippen molar-refractivity contribution in [1.82, 2.24) is 4.90 Å². The lowest BCUT2D eigenvalue weighted by Crippen LogP contribution is -2.36. The van der Waals surface area contributed by atoms with Crippen molar-refractivity contribution in [1.29, 1.82) is 0 Å². The highest BCUT2D eigenvalue weighted by Crippen LogP contribution is 2.11. The summed E-state index contributed by atoms with van der Waals surface area (Å²) in [7, 11) is 2.02. The van der Waals surface area contributed by atoms with Gasteiger partial charge in [-0.25, -0.2) is 0 Å². The molecule has 0 aliphatic rings. The average molecular weight is 201 g/mol. The normalized spacial score (nSPS) is 15.5. The third-order valence-electron chi connectivity index (χ3n) is 2.70. The second kappa shape index (κ2) is 6.82. The maximum atomic E-state index is 10.7. The van der Waals surface area contributed by atoms with Gasteiger partial charge < -0.3 is 10.0 Å². The van der Waals surface area contributed by atoms with Crippen LogP contribution in [0.3, 0.4) is 0 Å². The molecular weight excluding hydrogens is 178 g/mol. The minimum absolute atomic E-state index is 0.272. The molecule has 0 fully saturated rings. The van der Waals surface area contributed by atoms with Gasteiger partial charge in [0.05, 0.1) is 5.92 Å². The Labute approximate surface area is 87.1 Å². The molecule has 0 heterocycles. The molecule has 2 atom stereocenters. The third-order valence-corrected chi connectivity index (χ3v) is 2.70. The molecule has 0 radical (unpaired) electrons. The van der Waals surface area contributed by atoms with Gasteiger partial charge in [-0.3, -0.25) is 4.79 Å². The predicted octanol–water partition coefficient (Wildman–Crippen LogP) is 2.22. The third kappa shape index (κ3) is 4.61. The van der Waals surface area contributed by atoms with Gasteiger partial charge in [0, 0.05) is 12.6 Å². The van der Waals surface area contributed by atoms with E-state index >= 15 is 0 Å². The van der Waals surface area contributed by atoms with E-state index in [2.05, 4.69) is 18.7 Å². The molecule has 0 aromatic heterocycles. The Hall–Kier alpha value is -0.570. The van der Waals surface area contributed by atoms with Crippen LogP contribution in [0, 0.1) is 5.92 Å². The monoisotopic (exact) mass is 201 g/mol. The summed E-state index contributed by atoms with van der Waals surface area (Å²) < 4.78 is 0. The molecule has 0 saturated heterocycles. The Morgan fingerprint density at radius 1 is 1.43 bits per heavy atom. The molecule has 0 amide bonds. The minimum atomic E-state index is -0.705. The van der Waals surface area contributed by atoms with E-state index in [9.17, 15) is 4.79 Å². The second-order valence-corrected chi connectivity index (χ2v) is 4.03. The second-order valence-electron chi connectivity index (χ2n) is 4.03. The van der Waals surface area contributed by atoms with Crippen molar-refractivity contribution in [2.45, 2.75) is 46.1 Å². The van der Waals surface area contributed by atoms with E-state index in [1.807, 2.05) is 7.05 Å².